The van der Waals surface area contributed by atoms with Crippen LogP contribution < -0.4 is 15.8 Å². The zero-order chi connectivity index (χ0) is 19.1. The van der Waals surface area contributed by atoms with E-state index in [1.807, 2.05) is 12.1 Å². The Kier molecular flexibility index (Phi) is 3.96. The Morgan fingerprint density at radius 2 is 1.96 bits per heavy atom. The smallest absolute Gasteiger partial charge is 0.291 e. The van der Waals surface area contributed by atoms with Gasteiger partial charge in [0.15, 0.2) is 5.76 Å². The molecule has 2 aliphatic rings. The van der Waals surface area contributed by atoms with Gasteiger partial charge in [0, 0.05) is 43.6 Å². The second kappa shape index (κ2) is 6.63. The fraction of sp³-hybridized carbons (Fsp3) is 0.300. The van der Waals surface area contributed by atoms with Gasteiger partial charge in [0.25, 0.3) is 11.5 Å². The summed E-state index contributed by atoms with van der Waals surface area (Å²) >= 11 is 0. The van der Waals surface area contributed by atoms with Crippen LogP contribution >= 0.6 is 0 Å². The van der Waals surface area contributed by atoms with Crippen molar-refractivity contribution >= 4 is 17.5 Å². The SMILES string of the molecule is O=C(Nc1ccc2n(c1=O)C[C@H]1C[C@@H]2CN(c2ncccn2)C1)c1ccco1. The number of furan rings is 1. The average molecular weight is 377 g/mol. The summed E-state index contributed by atoms with van der Waals surface area (Å²) in [5.74, 6) is 1.06. The Hall–Kier alpha value is -3.42. The first-order valence-electron chi connectivity index (χ1n) is 9.29. The van der Waals surface area contributed by atoms with E-state index in [1.54, 1.807) is 35.2 Å². The largest absolute Gasteiger partial charge is 0.459 e. The van der Waals surface area contributed by atoms with Crippen LogP contribution in [0.15, 0.2) is 58.2 Å². The molecule has 0 aliphatic carbocycles. The maximum Gasteiger partial charge on any atom is 0.291 e. The highest BCUT2D eigenvalue weighted by Crippen LogP contribution is 2.36. The maximum atomic E-state index is 13.0. The first-order valence-corrected chi connectivity index (χ1v) is 9.29. The summed E-state index contributed by atoms with van der Waals surface area (Å²) in [4.78, 5) is 36.1. The number of anilines is 2. The van der Waals surface area contributed by atoms with Gasteiger partial charge >= 0.3 is 0 Å². The van der Waals surface area contributed by atoms with Crippen LogP contribution in [-0.4, -0.2) is 33.5 Å². The topological polar surface area (TPSA) is 93.3 Å². The van der Waals surface area contributed by atoms with E-state index in [4.69, 9.17) is 4.42 Å². The summed E-state index contributed by atoms with van der Waals surface area (Å²) in [5.41, 5.74) is 1.10. The summed E-state index contributed by atoms with van der Waals surface area (Å²) in [6.45, 7) is 2.21. The van der Waals surface area contributed by atoms with Crippen LogP contribution in [0.3, 0.4) is 0 Å². The molecule has 28 heavy (non-hydrogen) atoms. The van der Waals surface area contributed by atoms with E-state index in [2.05, 4.69) is 20.2 Å². The second-order valence-corrected chi connectivity index (χ2v) is 7.27. The number of aromatic nitrogens is 3. The summed E-state index contributed by atoms with van der Waals surface area (Å²) in [5, 5.41) is 2.67. The fourth-order valence-corrected chi connectivity index (χ4v) is 4.25. The molecule has 142 valence electrons. The molecule has 2 bridgehead atoms. The van der Waals surface area contributed by atoms with Crippen molar-refractivity contribution < 1.29 is 9.21 Å². The average Bonchev–Trinajstić information content (AvgIpc) is 3.26. The van der Waals surface area contributed by atoms with Gasteiger partial charge in [-0.2, -0.15) is 0 Å². The van der Waals surface area contributed by atoms with Crippen molar-refractivity contribution in [1.82, 2.24) is 14.5 Å². The zero-order valence-electron chi connectivity index (χ0n) is 15.1. The Morgan fingerprint density at radius 1 is 1.11 bits per heavy atom. The van der Waals surface area contributed by atoms with Crippen molar-refractivity contribution in [1.29, 1.82) is 0 Å². The lowest BCUT2D eigenvalue weighted by molar-refractivity contribution is 0.0996. The molecule has 0 saturated carbocycles. The second-order valence-electron chi connectivity index (χ2n) is 7.27. The number of amides is 1. The lowest BCUT2D eigenvalue weighted by Crippen LogP contribution is -2.48. The van der Waals surface area contributed by atoms with Crippen molar-refractivity contribution in [2.75, 3.05) is 23.3 Å². The highest BCUT2D eigenvalue weighted by Gasteiger charge is 2.35. The van der Waals surface area contributed by atoms with Crippen LogP contribution in [0.4, 0.5) is 11.6 Å². The molecule has 3 aromatic heterocycles. The van der Waals surface area contributed by atoms with E-state index >= 15 is 0 Å². The minimum atomic E-state index is -0.425. The first kappa shape index (κ1) is 16.7. The predicted octanol–water partition coefficient (Wildman–Crippen LogP) is 2.11. The minimum Gasteiger partial charge on any atom is -0.459 e. The number of pyridine rings is 1. The molecule has 0 unspecified atom stereocenters. The van der Waals surface area contributed by atoms with E-state index in [-0.39, 0.29) is 22.9 Å². The van der Waals surface area contributed by atoms with Crippen LogP contribution in [0, 0.1) is 5.92 Å². The highest BCUT2D eigenvalue weighted by atomic mass is 16.3. The number of fused-ring (bicyclic) bond motifs is 4. The van der Waals surface area contributed by atoms with Crippen molar-refractivity contribution in [2.45, 2.75) is 18.9 Å². The molecule has 0 spiro atoms. The molecule has 1 saturated heterocycles. The molecule has 2 atom stereocenters. The maximum absolute atomic E-state index is 13.0. The molecule has 8 heteroatoms. The van der Waals surface area contributed by atoms with Gasteiger partial charge in [0.05, 0.1) is 6.26 Å². The van der Waals surface area contributed by atoms with E-state index in [1.165, 1.54) is 6.26 Å². The quantitative estimate of drug-likeness (QED) is 0.751. The molecule has 0 aromatic carbocycles. The van der Waals surface area contributed by atoms with Gasteiger partial charge in [-0.15, -0.1) is 0 Å². The van der Waals surface area contributed by atoms with Gasteiger partial charge in [0.2, 0.25) is 5.95 Å². The first-order chi connectivity index (χ1) is 13.7. The molecular formula is C20H19N5O3. The lowest BCUT2D eigenvalue weighted by Gasteiger charge is -2.42. The van der Waals surface area contributed by atoms with E-state index in [0.717, 1.165) is 31.2 Å². The molecule has 1 fully saturated rings. The summed E-state index contributed by atoms with van der Waals surface area (Å²) < 4.78 is 6.90. The Balaban J connectivity index is 1.42. The van der Waals surface area contributed by atoms with Crippen LogP contribution in [0.2, 0.25) is 0 Å². The van der Waals surface area contributed by atoms with Gasteiger partial charge in [-0.25, -0.2) is 9.97 Å². The molecule has 2 aliphatic heterocycles. The molecule has 1 N–H and O–H groups in total. The van der Waals surface area contributed by atoms with Crippen LogP contribution in [0.5, 0.6) is 0 Å². The fourth-order valence-electron chi connectivity index (χ4n) is 4.25. The van der Waals surface area contributed by atoms with Crippen LogP contribution in [0.25, 0.3) is 0 Å². The normalized spacial score (nSPS) is 20.5. The summed E-state index contributed by atoms with van der Waals surface area (Å²) in [6.07, 6.45) is 5.97. The molecule has 3 aromatic rings. The number of carbonyl (C=O) groups is 1. The van der Waals surface area contributed by atoms with Gasteiger partial charge in [-0.3, -0.25) is 9.59 Å². The third kappa shape index (κ3) is 2.87. The third-order valence-electron chi connectivity index (χ3n) is 5.43. The molecule has 0 radical (unpaired) electrons. The van der Waals surface area contributed by atoms with Gasteiger partial charge in [-0.05, 0) is 42.7 Å². The van der Waals surface area contributed by atoms with E-state index in [9.17, 15) is 9.59 Å². The number of rotatable bonds is 3. The Morgan fingerprint density at radius 3 is 2.75 bits per heavy atom. The number of piperidine rings is 1. The Labute approximate surface area is 160 Å². The van der Waals surface area contributed by atoms with Crippen molar-refractivity contribution in [2.24, 2.45) is 5.92 Å². The zero-order valence-corrected chi connectivity index (χ0v) is 15.1. The monoisotopic (exact) mass is 377 g/mol. The van der Waals surface area contributed by atoms with Gasteiger partial charge in [-0.1, -0.05) is 0 Å². The Bertz CT molecular complexity index is 1060. The molecule has 5 rings (SSSR count). The standard InChI is InChI=1S/C20H19N5O3/c26-18(17-3-1-8-28-17)23-15-4-5-16-14-9-13(11-25(16)19(15)27)10-24(12-14)20-21-6-2-7-22-20/h1-8,13-14H,9-12H2,(H,23,26)/t13-,14+/m0/s1. The number of carbonyl (C=O) groups excluding carboxylic acids is 1. The van der Waals surface area contributed by atoms with Crippen molar-refractivity contribution in [3.63, 3.8) is 0 Å². The minimum absolute atomic E-state index is 0.170. The lowest BCUT2D eigenvalue weighted by atomic mass is 9.83. The predicted molar refractivity (Wildman–Crippen MR) is 102 cm³/mol. The van der Waals surface area contributed by atoms with Crippen molar-refractivity contribution in [3.8, 4) is 0 Å². The third-order valence-corrected chi connectivity index (χ3v) is 5.43. The van der Waals surface area contributed by atoms with Crippen LogP contribution in [0.1, 0.15) is 28.6 Å². The van der Waals surface area contributed by atoms with E-state index in [0.29, 0.717) is 12.5 Å². The highest BCUT2D eigenvalue weighted by molar-refractivity contribution is 6.02. The summed E-state index contributed by atoms with van der Waals surface area (Å²) in [6, 6.07) is 8.64. The van der Waals surface area contributed by atoms with Gasteiger partial charge < -0.3 is 19.2 Å². The summed E-state index contributed by atoms with van der Waals surface area (Å²) in [7, 11) is 0. The molecule has 8 nitrogen and oxygen atoms in total. The van der Waals surface area contributed by atoms with E-state index < -0.39 is 5.91 Å². The van der Waals surface area contributed by atoms with Crippen LogP contribution in [-0.2, 0) is 6.54 Å². The van der Waals surface area contributed by atoms with Crippen molar-refractivity contribution in [3.05, 3.63) is 70.8 Å². The number of nitrogens with zero attached hydrogens (tertiary/aromatic N) is 4. The van der Waals surface area contributed by atoms with Gasteiger partial charge in [0.1, 0.15) is 5.69 Å². The molecule has 5 heterocycles. The molecule has 1 amide bonds. The number of hydrogen-bond acceptors (Lipinski definition) is 6. The number of nitrogens with one attached hydrogen (secondary N) is 1. The number of hydrogen-bond donors (Lipinski definition) is 1. The molecular weight excluding hydrogens is 358 g/mol.